The molecular formula is C12H18BrNO2S2. The lowest BCUT2D eigenvalue weighted by Gasteiger charge is -2.13. The summed E-state index contributed by atoms with van der Waals surface area (Å²) >= 11 is 5.11. The van der Waals surface area contributed by atoms with Gasteiger partial charge < -0.3 is 0 Å². The molecule has 0 spiro atoms. The molecule has 0 bridgehead atoms. The molecule has 6 heteroatoms. The molecule has 0 aromatic heterocycles. The molecule has 3 nitrogen and oxygen atoms in total. The average Bonchev–Trinajstić information content (AvgIpc) is 2.29. The maximum absolute atomic E-state index is 12.1. The second kappa shape index (κ2) is 7.53. The van der Waals surface area contributed by atoms with E-state index in [0.29, 0.717) is 4.90 Å². The standard InChI is InChI=1S/C12H18BrNO2S2/c1-3-17-9-8-10(2)14-18(15,16)12-6-4-11(13)5-7-12/h4-7,10,14H,3,8-9H2,1-2H3. The molecule has 0 heterocycles. The van der Waals surface area contributed by atoms with Gasteiger partial charge in [-0.05, 0) is 49.1 Å². The SMILES string of the molecule is CCSCCC(C)NS(=O)(=O)c1ccc(Br)cc1. The zero-order chi connectivity index (χ0) is 13.6. The summed E-state index contributed by atoms with van der Waals surface area (Å²) < 4.78 is 27.7. The molecule has 0 aliphatic heterocycles. The Kier molecular flexibility index (Phi) is 6.70. The fraction of sp³-hybridized carbons (Fsp3) is 0.500. The number of hydrogen-bond acceptors (Lipinski definition) is 3. The van der Waals surface area contributed by atoms with Crippen LogP contribution >= 0.6 is 27.7 Å². The Labute approximate surface area is 122 Å². The smallest absolute Gasteiger partial charge is 0.208 e. The van der Waals surface area contributed by atoms with Crippen molar-refractivity contribution >= 4 is 37.7 Å². The van der Waals surface area contributed by atoms with E-state index in [1.54, 1.807) is 24.3 Å². The van der Waals surface area contributed by atoms with Crippen LogP contribution in [0.3, 0.4) is 0 Å². The maximum atomic E-state index is 12.1. The first-order valence-electron chi connectivity index (χ1n) is 5.81. The molecule has 18 heavy (non-hydrogen) atoms. The molecule has 1 aromatic carbocycles. The van der Waals surface area contributed by atoms with Gasteiger partial charge in [-0.2, -0.15) is 11.8 Å². The molecule has 0 aliphatic carbocycles. The van der Waals surface area contributed by atoms with Crippen LogP contribution in [0.1, 0.15) is 20.3 Å². The Morgan fingerprint density at radius 1 is 1.33 bits per heavy atom. The van der Waals surface area contributed by atoms with E-state index >= 15 is 0 Å². The minimum atomic E-state index is -3.39. The number of sulfonamides is 1. The van der Waals surface area contributed by atoms with Gasteiger partial charge in [-0.25, -0.2) is 13.1 Å². The van der Waals surface area contributed by atoms with Crippen molar-refractivity contribution in [2.75, 3.05) is 11.5 Å². The molecule has 0 amide bonds. The van der Waals surface area contributed by atoms with Gasteiger partial charge in [-0.15, -0.1) is 0 Å². The van der Waals surface area contributed by atoms with Crippen LogP contribution in [0, 0.1) is 0 Å². The monoisotopic (exact) mass is 351 g/mol. The van der Waals surface area contributed by atoms with Crippen molar-refractivity contribution in [3.63, 3.8) is 0 Å². The van der Waals surface area contributed by atoms with Crippen LogP contribution in [-0.2, 0) is 10.0 Å². The van der Waals surface area contributed by atoms with Gasteiger partial charge in [0, 0.05) is 10.5 Å². The van der Waals surface area contributed by atoms with Crippen LogP contribution in [0.25, 0.3) is 0 Å². The van der Waals surface area contributed by atoms with E-state index in [9.17, 15) is 8.42 Å². The summed E-state index contributed by atoms with van der Waals surface area (Å²) in [5, 5.41) is 0. The van der Waals surface area contributed by atoms with Crippen LogP contribution in [0.4, 0.5) is 0 Å². The summed E-state index contributed by atoms with van der Waals surface area (Å²) in [6.45, 7) is 3.99. The number of benzene rings is 1. The van der Waals surface area contributed by atoms with Gasteiger partial charge in [0.1, 0.15) is 0 Å². The van der Waals surface area contributed by atoms with Crippen molar-refractivity contribution in [3.05, 3.63) is 28.7 Å². The van der Waals surface area contributed by atoms with Crippen LogP contribution < -0.4 is 4.72 Å². The van der Waals surface area contributed by atoms with E-state index in [1.165, 1.54) is 0 Å². The van der Waals surface area contributed by atoms with E-state index in [4.69, 9.17) is 0 Å². The van der Waals surface area contributed by atoms with Crippen LogP contribution in [0.15, 0.2) is 33.6 Å². The minimum absolute atomic E-state index is 0.0438. The van der Waals surface area contributed by atoms with Crippen molar-refractivity contribution < 1.29 is 8.42 Å². The molecular weight excluding hydrogens is 334 g/mol. The fourth-order valence-corrected chi connectivity index (χ4v) is 3.76. The van der Waals surface area contributed by atoms with Gasteiger partial charge >= 0.3 is 0 Å². The van der Waals surface area contributed by atoms with Crippen molar-refractivity contribution in [1.29, 1.82) is 0 Å². The largest absolute Gasteiger partial charge is 0.240 e. The number of halogens is 1. The van der Waals surface area contributed by atoms with E-state index in [2.05, 4.69) is 27.6 Å². The third kappa shape index (κ3) is 5.30. The molecule has 0 fully saturated rings. The number of nitrogens with one attached hydrogen (secondary N) is 1. The molecule has 0 saturated carbocycles. The van der Waals surface area contributed by atoms with Gasteiger partial charge in [-0.1, -0.05) is 22.9 Å². The average molecular weight is 352 g/mol. The zero-order valence-corrected chi connectivity index (χ0v) is 13.7. The van der Waals surface area contributed by atoms with E-state index in [1.807, 2.05) is 18.7 Å². The summed E-state index contributed by atoms with van der Waals surface area (Å²) in [5.74, 6) is 2.03. The second-order valence-corrected chi connectivity index (χ2v) is 7.99. The molecule has 1 aromatic rings. The lowest BCUT2D eigenvalue weighted by Crippen LogP contribution is -2.33. The van der Waals surface area contributed by atoms with Crippen molar-refractivity contribution in [2.45, 2.75) is 31.2 Å². The predicted octanol–water partition coefficient (Wildman–Crippen LogP) is 3.26. The first-order valence-corrected chi connectivity index (χ1v) is 9.24. The number of hydrogen-bond donors (Lipinski definition) is 1. The Hall–Kier alpha value is -0.0400. The maximum Gasteiger partial charge on any atom is 0.240 e. The third-order valence-electron chi connectivity index (χ3n) is 2.38. The Bertz CT molecular complexity index is 459. The van der Waals surface area contributed by atoms with Crippen molar-refractivity contribution in [1.82, 2.24) is 4.72 Å². The molecule has 1 atom stereocenters. The van der Waals surface area contributed by atoms with Crippen molar-refractivity contribution in [3.8, 4) is 0 Å². The zero-order valence-electron chi connectivity index (χ0n) is 10.5. The third-order valence-corrected chi connectivity index (χ3v) is 5.45. The van der Waals surface area contributed by atoms with Gasteiger partial charge in [-0.3, -0.25) is 0 Å². The highest BCUT2D eigenvalue weighted by molar-refractivity contribution is 9.10. The Morgan fingerprint density at radius 2 is 1.94 bits per heavy atom. The lowest BCUT2D eigenvalue weighted by atomic mass is 10.3. The van der Waals surface area contributed by atoms with Gasteiger partial charge in [0.15, 0.2) is 0 Å². The highest BCUT2D eigenvalue weighted by atomic mass is 79.9. The Morgan fingerprint density at radius 3 is 2.50 bits per heavy atom. The summed E-state index contributed by atoms with van der Waals surface area (Å²) in [4.78, 5) is 0.306. The quantitative estimate of drug-likeness (QED) is 0.766. The van der Waals surface area contributed by atoms with E-state index < -0.39 is 10.0 Å². The molecule has 0 saturated heterocycles. The fourth-order valence-electron chi connectivity index (χ4n) is 1.41. The summed E-state index contributed by atoms with van der Waals surface area (Å²) in [7, 11) is -3.39. The molecule has 1 N–H and O–H groups in total. The lowest BCUT2D eigenvalue weighted by molar-refractivity contribution is 0.557. The molecule has 0 aliphatic rings. The van der Waals surface area contributed by atoms with Gasteiger partial charge in [0.25, 0.3) is 0 Å². The summed E-state index contributed by atoms with van der Waals surface area (Å²) in [6, 6.07) is 6.61. The molecule has 102 valence electrons. The minimum Gasteiger partial charge on any atom is -0.208 e. The number of thioether (sulfide) groups is 1. The topological polar surface area (TPSA) is 46.2 Å². The van der Waals surface area contributed by atoms with Crippen LogP contribution in [-0.4, -0.2) is 26.0 Å². The van der Waals surface area contributed by atoms with Crippen LogP contribution in [0.5, 0.6) is 0 Å². The van der Waals surface area contributed by atoms with Crippen molar-refractivity contribution in [2.24, 2.45) is 0 Å². The van der Waals surface area contributed by atoms with E-state index in [-0.39, 0.29) is 6.04 Å². The molecule has 0 radical (unpaired) electrons. The summed E-state index contributed by atoms with van der Waals surface area (Å²) in [5.41, 5.74) is 0. The van der Waals surface area contributed by atoms with Crippen LogP contribution in [0.2, 0.25) is 0 Å². The number of rotatable bonds is 7. The summed E-state index contributed by atoms with van der Waals surface area (Å²) in [6.07, 6.45) is 0.842. The first kappa shape index (κ1) is 16.0. The van der Waals surface area contributed by atoms with E-state index in [0.717, 1.165) is 22.4 Å². The second-order valence-electron chi connectivity index (χ2n) is 3.96. The Balaban J connectivity index is 2.61. The predicted molar refractivity (Wildman–Crippen MR) is 81.5 cm³/mol. The molecule has 1 unspecified atom stereocenters. The van der Waals surface area contributed by atoms with Gasteiger partial charge in [0.05, 0.1) is 4.90 Å². The molecule has 1 rings (SSSR count). The van der Waals surface area contributed by atoms with Gasteiger partial charge in [0.2, 0.25) is 10.0 Å². The normalized spacial score (nSPS) is 13.5. The first-order chi connectivity index (χ1) is 8.45. The highest BCUT2D eigenvalue weighted by Gasteiger charge is 2.16. The highest BCUT2D eigenvalue weighted by Crippen LogP contribution is 2.15.